The Morgan fingerprint density at radius 2 is 0.833 bits per heavy atom. The molecule has 0 unspecified atom stereocenters. The van der Waals surface area contributed by atoms with Gasteiger partial charge in [0.25, 0.3) is 0 Å². The number of nitrogens with zero attached hydrogens (tertiary/aromatic N) is 10. The summed E-state index contributed by atoms with van der Waals surface area (Å²) in [6.45, 7) is 1.57. The minimum absolute atomic E-state index is 0.435. The van der Waals surface area contributed by atoms with Crippen LogP contribution in [0.3, 0.4) is 0 Å². The third-order valence-electron chi connectivity index (χ3n) is 9.49. The minimum Gasteiger partial charge on any atom is -0.439 e. The van der Waals surface area contributed by atoms with Crippen LogP contribution in [0.5, 0.6) is 0 Å². The lowest BCUT2D eigenvalue weighted by Crippen LogP contribution is -2.15. The van der Waals surface area contributed by atoms with Gasteiger partial charge in [0.05, 0.1) is 57.0 Å². The smallest absolute Gasteiger partial charge is 0.245 e. The molecule has 6 aromatic heterocycles. The zero-order valence-electron chi connectivity index (χ0n) is 30.6. The van der Waals surface area contributed by atoms with Crippen LogP contribution < -0.4 is 0 Å². The summed E-state index contributed by atoms with van der Waals surface area (Å²) in [5.74, 6) is 2.37. The predicted molar refractivity (Wildman–Crippen MR) is 209 cm³/mol. The number of hydrogen-bond acceptors (Lipinski definition) is 12. The van der Waals surface area contributed by atoms with E-state index >= 15 is 0 Å². The van der Waals surface area contributed by atoms with Crippen LogP contribution in [0.15, 0.2) is 104 Å². The summed E-state index contributed by atoms with van der Waals surface area (Å²) in [5.41, 5.74) is 10.3. The van der Waals surface area contributed by atoms with Gasteiger partial charge in [0.1, 0.15) is 34.3 Å². The molecule has 0 fully saturated rings. The van der Waals surface area contributed by atoms with Gasteiger partial charge in [-0.05, 0) is 76.7 Å². The molecule has 9 heterocycles. The van der Waals surface area contributed by atoms with E-state index in [4.69, 9.17) is 48.7 Å². The van der Waals surface area contributed by atoms with Crippen LogP contribution in [0.2, 0.25) is 0 Å². The summed E-state index contributed by atoms with van der Waals surface area (Å²) >= 11 is 0. The molecule has 3 aliphatic rings. The van der Waals surface area contributed by atoms with Crippen molar-refractivity contribution in [2.24, 2.45) is 9.98 Å². The monoisotopic (exact) mass is 714 g/mol. The molecule has 16 bridgehead atoms. The van der Waals surface area contributed by atoms with Crippen molar-refractivity contribution in [1.29, 1.82) is 0 Å². The Bertz CT molecular complexity index is 2360. The Hall–Kier alpha value is -6.24. The fourth-order valence-corrected chi connectivity index (χ4v) is 6.67. The molecule has 3 aliphatic heterocycles. The number of hydrogen-bond donors (Lipinski definition) is 0. The molecule has 0 aliphatic carbocycles. The zero-order chi connectivity index (χ0) is 36.8. The van der Waals surface area contributed by atoms with Gasteiger partial charge in [0, 0.05) is 38.8 Å². The van der Waals surface area contributed by atoms with Gasteiger partial charge in [-0.3, -0.25) is 0 Å². The molecule has 0 radical (unpaired) electrons. The molecule has 0 spiro atoms. The Kier molecular flexibility index (Phi) is 8.68. The van der Waals surface area contributed by atoms with Crippen molar-refractivity contribution < 1.29 is 8.83 Å². The Morgan fingerprint density at radius 3 is 1.26 bits per heavy atom. The van der Waals surface area contributed by atoms with E-state index in [1.165, 1.54) is 0 Å². The fraction of sp³-hybridized carbons (Fsp3) is 0.238. The topological polar surface area (TPSA) is 135 Å². The van der Waals surface area contributed by atoms with Crippen LogP contribution in [0.1, 0.15) is 47.1 Å². The highest BCUT2D eigenvalue weighted by atomic mass is 16.4. The lowest BCUT2D eigenvalue weighted by molar-refractivity contribution is 0.392. The van der Waals surface area contributed by atoms with Gasteiger partial charge in [0.15, 0.2) is 0 Å². The van der Waals surface area contributed by atoms with Gasteiger partial charge in [-0.1, -0.05) is 36.4 Å². The second-order valence-electron chi connectivity index (χ2n) is 14.0. The Balaban J connectivity index is 1.19. The van der Waals surface area contributed by atoms with E-state index < -0.39 is 0 Å². The number of likely N-dealkylation sites (N-methyl/N-ethyl adjacent to an activating group) is 2. The van der Waals surface area contributed by atoms with E-state index in [-0.39, 0.29) is 0 Å². The van der Waals surface area contributed by atoms with Gasteiger partial charge in [-0.25, -0.2) is 39.9 Å². The maximum atomic E-state index is 6.48. The number of aromatic nitrogens is 6. The zero-order valence-corrected chi connectivity index (χ0v) is 30.6. The number of rotatable bonds is 6. The van der Waals surface area contributed by atoms with E-state index in [1.54, 1.807) is 0 Å². The molecular weight excluding hydrogens is 677 g/mol. The number of allylic oxidation sites excluding steroid dienone is 2. The number of pyridine rings is 4. The average molecular weight is 715 g/mol. The minimum atomic E-state index is 0.435. The highest BCUT2D eigenvalue weighted by molar-refractivity contribution is 6.07. The molecule has 0 amide bonds. The lowest BCUT2D eigenvalue weighted by atomic mass is 10.1. The summed E-state index contributed by atoms with van der Waals surface area (Å²) in [4.78, 5) is 44.4. The summed E-state index contributed by atoms with van der Waals surface area (Å²) < 4.78 is 13.0. The van der Waals surface area contributed by atoms with Gasteiger partial charge in [-0.2, -0.15) is 0 Å². The standard InChI is InChI=1S/C42H38N10O2/c1-51(2)23-21-37-39-33-13-5-9-25(45-33)29-17-19-32(43-29)28-12-8-16-36(48-28)42-50-40(38(54-42)22-24-52(3)4)34-14-6-10-26(46-34)30-18-20-31(44-30)27-11-7-15-35(47-27)41(49-39)53-37/h5-16,19-20H,17-18,21-24H2,1-4H3. The van der Waals surface area contributed by atoms with Crippen molar-refractivity contribution in [1.82, 2.24) is 39.7 Å². The van der Waals surface area contributed by atoms with Gasteiger partial charge in [-0.15, -0.1) is 0 Å². The van der Waals surface area contributed by atoms with Crippen molar-refractivity contribution in [3.63, 3.8) is 0 Å². The van der Waals surface area contributed by atoms with Crippen molar-refractivity contribution in [2.45, 2.75) is 25.7 Å². The van der Waals surface area contributed by atoms with Crippen LogP contribution in [0.4, 0.5) is 0 Å². The van der Waals surface area contributed by atoms with Crippen molar-refractivity contribution >= 4 is 22.8 Å². The summed E-state index contributed by atoms with van der Waals surface area (Å²) in [5, 5.41) is 0. The molecule has 268 valence electrons. The number of aliphatic imine (C=N–C) groups is 2. The van der Waals surface area contributed by atoms with E-state index in [9.17, 15) is 0 Å². The lowest BCUT2D eigenvalue weighted by Gasteiger charge is -2.08. The first-order valence-corrected chi connectivity index (χ1v) is 18.1. The highest BCUT2D eigenvalue weighted by Gasteiger charge is 2.24. The summed E-state index contributed by atoms with van der Waals surface area (Å²) in [7, 11) is 8.17. The van der Waals surface area contributed by atoms with Crippen LogP contribution in [0, 0.1) is 0 Å². The molecule has 0 saturated heterocycles. The molecule has 0 atom stereocenters. The van der Waals surface area contributed by atoms with E-state index in [0.29, 0.717) is 71.6 Å². The van der Waals surface area contributed by atoms with E-state index in [2.05, 4.69) is 22.0 Å². The molecular formula is C42H38N10O2. The van der Waals surface area contributed by atoms with Crippen LogP contribution in [0.25, 0.3) is 57.3 Å². The number of oxazole rings is 2. The van der Waals surface area contributed by atoms with Crippen molar-refractivity contribution in [2.75, 3.05) is 41.3 Å². The van der Waals surface area contributed by atoms with E-state index in [0.717, 1.165) is 70.2 Å². The molecule has 0 aromatic carbocycles. The first-order valence-electron chi connectivity index (χ1n) is 18.1. The normalized spacial score (nSPS) is 14.5. The van der Waals surface area contributed by atoms with Gasteiger partial charge in [0.2, 0.25) is 11.8 Å². The number of fused-ring (bicyclic) bond motifs is 22. The molecule has 9 rings (SSSR count). The third kappa shape index (κ3) is 6.61. The fourth-order valence-electron chi connectivity index (χ4n) is 6.67. The third-order valence-corrected chi connectivity index (χ3v) is 9.49. The van der Waals surface area contributed by atoms with Gasteiger partial charge >= 0.3 is 0 Å². The molecule has 54 heavy (non-hydrogen) atoms. The molecule has 12 heteroatoms. The maximum absolute atomic E-state index is 6.48. The summed E-state index contributed by atoms with van der Waals surface area (Å²) in [6, 6.07) is 23.5. The second-order valence-corrected chi connectivity index (χ2v) is 14.0. The van der Waals surface area contributed by atoms with E-state index in [1.807, 2.05) is 101 Å². The van der Waals surface area contributed by atoms with Crippen LogP contribution >= 0.6 is 0 Å². The average Bonchev–Trinajstić information content (AvgIpc) is 4.03. The Morgan fingerprint density at radius 1 is 0.463 bits per heavy atom. The first kappa shape index (κ1) is 33.6. The maximum Gasteiger partial charge on any atom is 0.245 e. The van der Waals surface area contributed by atoms with Crippen LogP contribution in [-0.4, -0.2) is 92.4 Å². The first-order chi connectivity index (χ1) is 26.3. The largest absolute Gasteiger partial charge is 0.439 e. The van der Waals surface area contributed by atoms with Crippen LogP contribution in [-0.2, 0) is 12.8 Å². The molecule has 12 nitrogen and oxygen atoms in total. The predicted octanol–water partition coefficient (Wildman–Crippen LogP) is 6.90. The summed E-state index contributed by atoms with van der Waals surface area (Å²) in [6.07, 6.45) is 6.71. The van der Waals surface area contributed by atoms with Gasteiger partial charge < -0.3 is 18.6 Å². The van der Waals surface area contributed by atoms with Crippen molar-refractivity contribution in [3.05, 3.63) is 119 Å². The van der Waals surface area contributed by atoms with Crippen molar-refractivity contribution in [3.8, 4) is 45.9 Å². The quantitative estimate of drug-likeness (QED) is 0.179. The second kappa shape index (κ2) is 14.0. The molecule has 6 aromatic rings. The molecule has 0 saturated carbocycles. The Labute approximate surface area is 312 Å². The SMILES string of the molecule is CN(C)CCc1oc2nc1-c1cccc(n1)C1=NC(=CC1)c1cccc(n1)-c1nc(c(CCN(C)C)o1)-c1cccc(n1)C1=NC(=CC1)c1cccc-2n1. The molecule has 0 N–H and O–H groups in total. The highest BCUT2D eigenvalue weighted by Crippen LogP contribution is 2.33.